The number of likely N-dealkylation sites (tertiary alicyclic amines) is 1. The molecule has 1 heterocycles. The lowest BCUT2D eigenvalue weighted by molar-refractivity contribution is 0.181. The van der Waals surface area contributed by atoms with Gasteiger partial charge in [0.2, 0.25) is 0 Å². The molecule has 5 nitrogen and oxygen atoms in total. The van der Waals surface area contributed by atoms with Crippen LogP contribution in [0.3, 0.4) is 0 Å². The molecule has 150 valence electrons. The van der Waals surface area contributed by atoms with E-state index in [9.17, 15) is 4.39 Å². The van der Waals surface area contributed by atoms with Gasteiger partial charge in [0.15, 0.2) is 5.96 Å². The number of hydrogen-bond donors (Lipinski definition) is 2. The first-order chi connectivity index (χ1) is 13.0. The number of benzene rings is 1. The fourth-order valence-electron chi connectivity index (χ4n) is 3.29. The average molecular weight is 377 g/mol. The number of hydrogen-bond acceptors (Lipinski definition) is 3. The second kappa shape index (κ2) is 11.0. The standard InChI is InChI=1S/C21H33FN4O/c1-5-23-21(25-19-8-10-26(11-9-19)14-16(2)3)24-13-17-6-7-20(22)18(12-17)15-27-4/h6-7,12,19H,2,5,8-11,13-15H2,1,3-4H3,(H2,23,24,25). The summed E-state index contributed by atoms with van der Waals surface area (Å²) in [4.78, 5) is 7.12. The highest BCUT2D eigenvalue weighted by atomic mass is 19.1. The molecule has 0 saturated carbocycles. The van der Waals surface area contributed by atoms with Crippen LogP contribution in [0.1, 0.15) is 37.8 Å². The number of rotatable bonds is 8. The van der Waals surface area contributed by atoms with Crippen LogP contribution in [0.15, 0.2) is 35.3 Å². The van der Waals surface area contributed by atoms with E-state index in [0.29, 0.717) is 18.2 Å². The molecular weight excluding hydrogens is 343 g/mol. The highest BCUT2D eigenvalue weighted by molar-refractivity contribution is 5.80. The number of halogens is 1. The van der Waals surface area contributed by atoms with Crippen LogP contribution in [0.5, 0.6) is 0 Å². The Morgan fingerprint density at radius 2 is 2.11 bits per heavy atom. The summed E-state index contributed by atoms with van der Waals surface area (Å²) in [5, 5.41) is 6.85. The van der Waals surface area contributed by atoms with Gasteiger partial charge in [0.1, 0.15) is 5.82 Å². The van der Waals surface area contributed by atoms with E-state index >= 15 is 0 Å². The van der Waals surface area contributed by atoms with Crippen molar-refractivity contribution >= 4 is 5.96 Å². The first-order valence-corrected chi connectivity index (χ1v) is 9.69. The van der Waals surface area contributed by atoms with Crippen molar-refractivity contribution < 1.29 is 9.13 Å². The minimum absolute atomic E-state index is 0.240. The van der Waals surface area contributed by atoms with Gasteiger partial charge in [0, 0.05) is 44.9 Å². The van der Waals surface area contributed by atoms with Gasteiger partial charge in [0.25, 0.3) is 0 Å². The molecule has 1 aliphatic rings. The molecule has 0 aliphatic carbocycles. The largest absolute Gasteiger partial charge is 0.380 e. The van der Waals surface area contributed by atoms with Crippen molar-refractivity contribution in [3.63, 3.8) is 0 Å². The topological polar surface area (TPSA) is 48.9 Å². The molecule has 2 N–H and O–H groups in total. The molecule has 1 aliphatic heterocycles. The number of nitrogens with zero attached hydrogens (tertiary/aromatic N) is 2. The van der Waals surface area contributed by atoms with Gasteiger partial charge in [-0.05, 0) is 44.4 Å². The van der Waals surface area contributed by atoms with Crippen LogP contribution >= 0.6 is 0 Å². The number of guanidine groups is 1. The lowest BCUT2D eigenvalue weighted by Crippen LogP contribution is -2.48. The molecule has 1 fully saturated rings. The highest BCUT2D eigenvalue weighted by Gasteiger charge is 2.19. The van der Waals surface area contributed by atoms with Crippen LogP contribution in [0.2, 0.25) is 0 Å². The summed E-state index contributed by atoms with van der Waals surface area (Å²) < 4.78 is 18.8. The number of aliphatic imine (C=N–C) groups is 1. The van der Waals surface area contributed by atoms with Gasteiger partial charge >= 0.3 is 0 Å². The average Bonchev–Trinajstić information content (AvgIpc) is 2.63. The molecule has 0 aromatic heterocycles. The normalized spacial score (nSPS) is 16.4. The zero-order valence-electron chi connectivity index (χ0n) is 16.9. The Labute approximate surface area is 162 Å². The monoisotopic (exact) mass is 376 g/mol. The predicted molar refractivity (Wildman–Crippen MR) is 109 cm³/mol. The number of ether oxygens (including phenoxy) is 1. The summed E-state index contributed by atoms with van der Waals surface area (Å²) in [5.74, 6) is 0.574. The summed E-state index contributed by atoms with van der Waals surface area (Å²) >= 11 is 0. The second-order valence-electron chi connectivity index (χ2n) is 7.21. The van der Waals surface area contributed by atoms with Crippen molar-refractivity contribution in [2.75, 3.05) is 33.3 Å². The Hall–Kier alpha value is -1.92. The van der Waals surface area contributed by atoms with Crippen LogP contribution in [-0.2, 0) is 17.9 Å². The second-order valence-corrected chi connectivity index (χ2v) is 7.21. The molecule has 6 heteroatoms. The third-order valence-corrected chi connectivity index (χ3v) is 4.60. The smallest absolute Gasteiger partial charge is 0.191 e. The SMILES string of the molecule is C=C(C)CN1CCC(NC(=NCc2ccc(F)c(COC)c2)NCC)CC1. The van der Waals surface area contributed by atoms with Crippen molar-refractivity contribution in [2.45, 2.75) is 45.9 Å². The summed E-state index contributed by atoms with van der Waals surface area (Å²) in [6.45, 7) is 12.8. The van der Waals surface area contributed by atoms with Gasteiger partial charge < -0.3 is 15.4 Å². The maximum Gasteiger partial charge on any atom is 0.191 e. The van der Waals surface area contributed by atoms with Crippen molar-refractivity contribution in [3.8, 4) is 0 Å². The molecule has 2 rings (SSSR count). The Morgan fingerprint density at radius 1 is 1.37 bits per heavy atom. The molecule has 0 bridgehead atoms. The minimum Gasteiger partial charge on any atom is -0.380 e. The Bertz CT molecular complexity index is 639. The van der Waals surface area contributed by atoms with Gasteiger partial charge in [-0.3, -0.25) is 4.90 Å². The van der Waals surface area contributed by atoms with Gasteiger partial charge in [-0.15, -0.1) is 0 Å². The van der Waals surface area contributed by atoms with E-state index in [-0.39, 0.29) is 12.4 Å². The highest BCUT2D eigenvalue weighted by Crippen LogP contribution is 2.14. The summed E-state index contributed by atoms with van der Waals surface area (Å²) in [5.41, 5.74) is 2.74. The third-order valence-electron chi connectivity index (χ3n) is 4.60. The van der Waals surface area contributed by atoms with Gasteiger partial charge in [0.05, 0.1) is 13.2 Å². The molecule has 0 radical (unpaired) electrons. The van der Waals surface area contributed by atoms with Crippen LogP contribution in [0.4, 0.5) is 4.39 Å². The Balaban J connectivity index is 1.93. The van der Waals surface area contributed by atoms with E-state index in [0.717, 1.165) is 50.5 Å². The maximum absolute atomic E-state index is 13.7. The Kier molecular flexibility index (Phi) is 8.75. The van der Waals surface area contributed by atoms with Crippen LogP contribution in [0, 0.1) is 5.82 Å². The van der Waals surface area contributed by atoms with Gasteiger partial charge in [-0.1, -0.05) is 18.2 Å². The van der Waals surface area contributed by atoms with Gasteiger partial charge in [-0.25, -0.2) is 9.38 Å². The zero-order chi connectivity index (χ0) is 19.6. The first-order valence-electron chi connectivity index (χ1n) is 9.69. The lowest BCUT2D eigenvalue weighted by atomic mass is 10.0. The summed E-state index contributed by atoms with van der Waals surface area (Å²) in [7, 11) is 1.57. The van der Waals surface area contributed by atoms with Crippen LogP contribution < -0.4 is 10.6 Å². The van der Waals surface area contributed by atoms with Crippen molar-refractivity contribution in [1.82, 2.24) is 15.5 Å². The van der Waals surface area contributed by atoms with Crippen LogP contribution in [-0.4, -0.2) is 50.2 Å². The molecule has 1 aromatic carbocycles. The van der Waals surface area contributed by atoms with E-state index in [1.807, 2.05) is 6.07 Å². The number of nitrogens with one attached hydrogen (secondary N) is 2. The molecule has 0 unspecified atom stereocenters. The quantitative estimate of drug-likeness (QED) is 0.416. The molecule has 1 aromatic rings. The predicted octanol–water partition coefficient (Wildman–Crippen LogP) is 3.07. The molecular formula is C21H33FN4O. The fourth-order valence-corrected chi connectivity index (χ4v) is 3.29. The maximum atomic E-state index is 13.7. The van der Waals surface area contributed by atoms with Crippen molar-refractivity contribution in [2.24, 2.45) is 4.99 Å². The molecule has 0 spiro atoms. The fraction of sp³-hybridized carbons (Fsp3) is 0.571. The lowest BCUT2D eigenvalue weighted by Gasteiger charge is -2.33. The minimum atomic E-state index is -0.240. The molecule has 1 saturated heterocycles. The molecule has 0 amide bonds. The van der Waals surface area contributed by atoms with Crippen molar-refractivity contribution in [1.29, 1.82) is 0 Å². The first kappa shape index (κ1) is 21.4. The summed E-state index contributed by atoms with van der Waals surface area (Å²) in [6.07, 6.45) is 2.18. The van der Waals surface area contributed by atoms with E-state index in [1.54, 1.807) is 13.2 Å². The third kappa shape index (κ3) is 7.31. The summed E-state index contributed by atoms with van der Waals surface area (Å²) in [6, 6.07) is 5.50. The van der Waals surface area contributed by atoms with E-state index in [2.05, 4.69) is 41.0 Å². The van der Waals surface area contributed by atoms with Crippen LogP contribution in [0.25, 0.3) is 0 Å². The zero-order valence-corrected chi connectivity index (χ0v) is 16.9. The number of methoxy groups -OCH3 is 1. The van der Waals surface area contributed by atoms with Crippen molar-refractivity contribution in [3.05, 3.63) is 47.3 Å². The van der Waals surface area contributed by atoms with Gasteiger partial charge in [-0.2, -0.15) is 0 Å². The molecule has 27 heavy (non-hydrogen) atoms. The van der Waals surface area contributed by atoms with E-state index in [1.165, 1.54) is 11.6 Å². The van der Waals surface area contributed by atoms with E-state index < -0.39 is 0 Å². The Morgan fingerprint density at radius 3 is 2.74 bits per heavy atom. The van der Waals surface area contributed by atoms with E-state index in [4.69, 9.17) is 4.74 Å². The number of piperidine rings is 1. The molecule has 0 atom stereocenters.